The first-order valence-electron chi connectivity index (χ1n) is 14.9. The van der Waals surface area contributed by atoms with Crippen LogP contribution in [0.25, 0.3) is 39.5 Å². The van der Waals surface area contributed by atoms with E-state index in [4.69, 9.17) is 20.4 Å². The molecule has 0 bridgehead atoms. The lowest BCUT2D eigenvalue weighted by Crippen LogP contribution is -2.53. The summed E-state index contributed by atoms with van der Waals surface area (Å²) in [6, 6.07) is 26.5. The average molecular weight is 576 g/mol. The van der Waals surface area contributed by atoms with Crippen molar-refractivity contribution < 1.29 is 9.53 Å². The van der Waals surface area contributed by atoms with Crippen molar-refractivity contribution in [1.29, 1.82) is 0 Å². The van der Waals surface area contributed by atoms with Gasteiger partial charge in [-0.15, -0.1) is 0 Å². The molecule has 1 fully saturated rings. The average Bonchev–Trinajstić information content (AvgIpc) is 3.41. The number of piperazine rings is 1. The Morgan fingerprint density at radius 2 is 1.79 bits per heavy atom. The third-order valence-electron chi connectivity index (χ3n) is 7.92. The number of anilines is 1. The largest absolute Gasteiger partial charge is 0.449 e. The van der Waals surface area contributed by atoms with Crippen molar-refractivity contribution in [1.82, 2.24) is 29.3 Å². The first kappa shape index (κ1) is 28.4. The van der Waals surface area contributed by atoms with Crippen LogP contribution in [0.4, 0.5) is 10.6 Å². The van der Waals surface area contributed by atoms with Gasteiger partial charge in [0.2, 0.25) is 0 Å². The molecule has 43 heavy (non-hydrogen) atoms. The van der Waals surface area contributed by atoms with Gasteiger partial charge in [-0.3, -0.25) is 9.47 Å². The van der Waals surface area contributed by atoms with Crippen LogP contribution in [-0.2, 0) is 11.3 Å². The molecular weight excluding hydrogens is 538 g/mol. The van der Waals surface area contributed by atoms with Crippen molar-refractivity contribution in [2.45, 2.75) is 39.3 Å². The standard InChI is InChI=1S/C34H37N7O2/c1-3-4-21-43-34(42)40-20-19-39(22-24(40)2)23-25-12-14-27(15-13-25)41-32(28-11-8-18-36-31(28)35)38-30-17-16-29(37-33(30)41)26-9-6-5-7-10-26/h5-18,24H,3-4,19-23H2,1-2H3,(H2,35,36). The van der Waals surface area contributed by atoms with Gasteiger partial charge in [0, 0.05) is 49.7 Å². The Morgan fingerprint density at radius 1 is 0.977 bits per heavy atom. The third-order valence-corrected chi connectivity index (χ3v) is 7.92. The number of hydrogen-bond donors (Lipinski definition) is 1. The number of imidazole rings is 1. The molecule has 0 aliphatic carbocycles. The number of rotatable bonds is 8. The van der Waals surface area contributed by atoms with Gasteiger partial charge in [0.1, 0.15) is 11.3 Å². The number of pyridine rings is 2. The fourth-order valence-electron chi connectivity index (χ4n) is 5.60. The van der Waals surface area contributed by atoms with Crippen molar-refractivity contribution in [2.24, 2.45) is 0 Å². The van der Waals surface area contributed by atoms with E-state index in [2.05, 4.69) is 64.7 Å². The summed E-state index contributed by atoms with van der Waals surface area (Å²) in [5.74, 6) is 1.11. The maximum Gasteiger partial charge on any atom is 0.410 e. The van der Waals surface area contributed by atoms with Gasteiger partial charge in [0.25, 0.3) is 0 Å². The Hall–Kier alpha value is -4.76. The molecule has 220 valence electrons. The molecule has 2 aromatic carbocycles. The molecule has 2 N–H and O–H groups in total. The summed E-state index contributed by atoms with van der Waals surface area (Å²) >= 11 is 0. The Labute approximate surface area is 252 Å². The Morgan fingerprint density at radius 3 is 2.53 bits per heavy atom. The van der Waals surface area contributed by atoms with E-state index >= 15 is 0 Å². The van der Waals surface area contributed by atoms with E-state index in [-0.39, 0.29) is 12.1 Å². The lowest BCUT2D eigenvalue weighted by Gasteiger charge is -2.39. The van der Waals surface area contributed by atoms with Gasteiger partial charge in [-0.2, -0.15) is 0 Å². The molecule has 0 saturated carbocycles. The van der Waals surface area contributed by atoms with E-state index in [9.17, 15) is 4.79 Å². The number of unbranched alkanes of at least 4 members (excludes halogenated alkanes) is 1. The van der Waals surface area contributed by atoms with E-state index in [0.29, 0.717) is 24.8 Å². The van der Waals surface area contributed by atoms with Crippen LogP contribution in [0, 0.1) is 0 Å². The fraction of sp³-hybridized carbons (Fsp3) is 0.294. The third kappa shape index (κ3) is 6.08. The quantitative estimate of drug-likeness (QED) is 0.221. The van der Waals surface area contributed by atoms with E-state index in [1.54, 1.807) is 6.20 Å². The van der Waals surface area contributed by atoms with E-state index in [0.717, 1.165) is 66.1 Å². The summed E-state index contributed by atoms with van der Waals surface area (Å²) in [6.07, 6.45) is 3.39. The van der Waals surface area contributed by atoms with Crippen molar-refractivity contribution in [3.8, 4) is 28.3 Å². The van der Waals surface area contributed by atoms with Crippen molar-refractivity contribution >= 4 is 23.1 Å². The molecule has 5 aromatic rings. The molecule has 1 unspecified atom stereocenters. The van der Waals surface area contributed by atoms with Crippen LogP contribution in [0.1, 0.15) is 32.3 Å². The second kappa shape index (κ2) is 12.6. The summed E-state index contributed by atoms with van der Waals surface area (Å²) in [4.78, 5) is 31.1. The number of aromatic nitrogens is 4. The maximum absolute atomic E-state index is 12.5. The molecule has 1 amide bonds. The molecule has 6 rings (SSSR count). The highest BCUT2D eigenvalue weighted by Crippen LogP contribution is 2.32. The zero-order valence-electron chi connectivity index (χ0n) is 24.7. The minimum Gasteiger partial charge on any atom is -0.449 e. The summed E-state index contributed by atoms with van der Waals surface area (Å²) in [7, 11) is 0. The molecule has 4 heterocycles. The number of ether oxygens (including phenoxy) is 1. The van der Waals surface area contributed by atoms with Crippen LogP contribution < -0.4 is 5.73 Å². The normalized spacial score (nSPS) is 15.6. The minimum atomic E-state index is -0.202. The van der Waals surface area contributed by atoms with Crippen LogP contribution in [0.3, 0.4) is 0 Å². The Balaban J connectivity index is 1.26. The van der Waals surface area contributed by atoms with Crippen molar-refractivity contribution in [3.63, 3.8) is 0 Å². The predicted molar refractivity (Wildman–Crippen MR) is 170 cm³/mol. The molecule has 9 nitrogen and oxygen atoms in total. The lowest BCUT2D eigenvalue weighted by molar-refractivity contribution is 0.0489. The van der Waals surface area contributed by atoms with Crippen LogP contribution in [-0.4, -0.2) is 67.7 Å². The van der Waals surface area contributed by atoms with Crippen LogP contribution in [0.2, 0.25) is 0 Å². The molecule has 0 spiro atoms. The summed E-state index contributed by atoms with van der Waals surface area (Å²) < 4.78 is 7.51. The number of hydrogen-bond acceptors (Lipinski definition) is 7. The van der Waals surface area contributed by atoms with Gasteiger partial charge >= 0.3 is 6.09 Å². The molecule has 1 atom stereocenters. The zero-order valence-corrected chi connectivity index (χ0v) is 24.7. The highest BCUT2D eigenvalue weighted by molar-refractivity contribution is 5.84. The first-order valence-corrected chi connectivity index (χ1v) is 14.9. The van der Waals surface area contributed by atoms with Gasteiger partial charge < -0.3 is 15.4 Å². The fourth-order valence-corrected chi connectivity index (χ4v) is 5.60. The molecule has 0 radical (unpaired) electrons. The number of fused-ring (bicyclic) bond motifs is 1. The SMILES string of the molecule is CCCCOC(=O)N1CCN(Cc2ccc(-n3c(-c4cccnc4N)nc4ccc(-c5ccccc5)nc43)cc2)CC1C. The number of nitrogens with two attached hydrogens (primary N) is 1. The number of carbonyl (C=O) groups excluding carboxylic acids is 1. The monoisotopic (exact) mass is 575 g/mol. The van der Waals surface area contributed by atoms with Crippen molar-refractivity contribution in [2.75, 3.05) is 32.0 Å². The highest BCUT2D eigenvalue weighted by Gasteiger charge is 2.28. The minimum absolute atomic E-state index is 0.0943. The number of benzene rings is 2. The molecule has 1 saturated heterocycles. The first-order chi connectivity index (χ1) is 21.0. The van der Waals surface area contributed by atoms with Crippen LogP contribution in [0.15, 0.2) is 85.1 Å². The molecule has 1 aliphatic rings. The summed E-state index contributed by atoms with van der Waals surface area (Å²) in [5.41, 5.74) is 12.7. The number of amides is 1. The van der Waals surface area contributed by atoms with Gasteiger partial charge in [-0.25, -0.2) is 19.7 Å². The number of nitrogens with zero attached hydrogens (tertiary/aromatic N) is 6. The van der Waals surface area contributed by atoms with Crippen LogP contribution >= 0.6 is 0 Å². The van der Waals surface area contributed by atoms with Crippen LogP contribution in [0.5, 0.6) is 0 Å². The summed E-state index contributed by atoms with van der Waals surface area (Å²) in [6.45, 7) is 7.73. The second-order valence-electron chi connectivity index (χ2n) is 11.0. The molecule has 3 aromatic heterocycles. The van der Waals surface area contributed by atoms with E-state index in [1.807, 2.05) is 47.4 Å². The lowest BCUT2D eigenvalue weighted by atomic mass is 10.1. The van der Waals surface area contributed by atoms with E-state index < -0.39 is 0 Å². The predicted octanol–water partition coefficient (Wildman–Crippen LogP) is 6.17. The Bertz CT molecular complexity index is 1700. The smallest absolute Gasteiger partial charge is 0.410 e. The highest BCUT2D eigenvalue weighted by atomic mass is 16.6. The number of nitrogen functional groups attached to an aromatic ring is 1. The molecule has 9 heteroatoms. The topological polar surface area (TPSA) is 102 Å². The zero-order chi connectivity index (χ0) is 29.8. The van der Waals surface area contributed by atoms with Gasteiger partial charge in [0.05, 0.1) is 17.9 Å². The molecule has 1 aliphatic heterocycles. The Kier molecular flexibility index (Phi) is 8.33. The van der Waals surface area contributed by atoms with E-state index in [1.165, 1.54) is 5.56 Å². The van der Waals surface area contributed by atoms with Gasteiger partial charge in [-0.1, -0.05) is 55.8 Å². The molecular formula is C34H37N7O2. The maximum atomic E-state index is 12.5. The van der Waals surface area contributed by atoms with Crippen molar-refractivity contribution in [3.05, 3.63) is 90.6 Å². The number of carbonyl (C=O) groups is 1. The van der Waals surface area contributed by atoms with Gasteiger partial charge in [-0.05, 0) is 55.3 Å². The second-order valence-corrected chi connectivity index (χ2v) is 11.0. The van der Waals surface area contributed by atoms with Gasteiger partial charge in [0.15, 0.2) is 11.5 Å². The summed E-state index contributed by atoms with van der Waals surface area (Å²) in [5, 5.41) is 0.